The van der Waals surface area contributed by atoms with Gasteiger partial charge in [-0.25, -0.2) is 9.50 Å². The second-order valence-electron chi connectivity index (χ2n) is 6.32. The molecule has 1 atom stereocenters. The zero-order chi connectivity index (χ0) is 15.8. The molecule has 5 nitrogen and oxygen atoms in total. The number of nitrogens with two attached hydrogens (primary N) is 1. The quantitative estimate of drug-likeness (QED) is 0.790. The summed E-state index contributed by atoms with van der Waals surface area (Å²) in [7, 11) is 0. The molecule has 0 saturated carbocycles. The molecule has 2 aromatic heterocycles. The van der Waals surface area contributed by atoms with E-state index in [0.29, 0.717) is 0 Å². The summed E-state index contributed by atoms with van der Waals surface area (Å²) in [6.45, 7) is 3.96. The van der Waals surface area contributed by atoms with Crippen molar-refractivity contribution in [1.29, 1.82) is 0 Å². The first kappa shape index (κ1) is 14.2. The van der Waals surface area contributed by atoms with E-state index in [1.165, 1.54) is 5.56 Å². The topological polar surface area (TPSA) is 59.5 Å². The molecule has 1 aromatic carbocycles. The van der Waals surface area contributed by atoms with Gasteiger partial charge >= 0.3 is 0 Å². The summed E-state index contributed by atoms with van der Waals surface area (Å²) < 4.78 is 1.91. The van der Waals surface area contributed by atoms with Crippen molar-refractivity contribution in [2.24, 2.45) is 5.73 Å². The molecule has 0 radical (unpaired) electrons. The Kier molecular flexibility index (Phi) is 3.50. The maximum absolute atomic E-state index is 6.13. The van der Waals surface area contributed by atoms with Crippen LogP contribution in [0.3, 0.4) is 0 Å². The molecule has 4 rings (SSSR count). The van der Waals surface area contributed by atoms with Crippen molar-refractivity contribution in [3.63, 3.8) is 0 Å². The van der Waals surface area contributed by atoms with Gasteiger partial charge in [-0.05, 0) is 25.8 Å². The highest BCUT2D eigenvalue weighted by Gasteiger charge is 2.20. The minimum Gasteiger partial charge on any atom is -0.353 e. The first-order valence-corrected chi connectivity index (χ1v) is 8.13. The van der Waals surface area contributed by atoms with Gasteiger partial charge in [0, 0.05) is 37.1 Å². The molecule has 0 bridgehead atoms. The number of piperidine rings is 1. The summed E-state index contributed by atoms with van der Waals surface area (Å²) in [6.07, 6.45) is 5.92. The van der Waals surface area contributed by atoms with Crippen molar-refractivity contribution >= 4 is 11.3 Å². The Bertz CT molecular complexity index is 821. The molecule has 1 aliphatic heterocycles. The van der Waals surface area contributed by atoms with Crippen molar-refractivity contribution in [2.75, 3.05) is 18.0 Å². The van der Waals surface area contributed by atoms with Gasteiger partial charge in [0.2, 0.25) is 0 Å². The molecule has 3 aromatic rings. The lowest BCUT2D eigenvalue weighted by atomic mass is 10.1. The van der Waals surface area contributed by atoms with Crippen LogP contribution in [0.1, 0.15) is 18.4 Å². The maximum atomic E-state index is 6.13. The van der Waals surface area contributed by atoms with E-state index in [2.05, 4.69) is 47.1 Å². The Hall–Kier alpha value is -2.40. The fourth-order valence-corrected chi connectivity index (χ4v) is 3.22. The van der Waals surface area contributed by atoms with E-state index in [9.17, 15) is 0 Å². The number of benzene rings is 1. The molecule has 3 heterocycles. The minimum absolute atomic E-state index is 0.227. The van der Waals surface area contributed by atoms with Gasteiger partial charge in [-0.1, -0.05) is 29.8 Å². The number of fused-ring (bicyclic) bond motifs is 1. The standard InChI is InChI=1S/C18H21N5/c1-13-4-6-14(7-5-13)16-11-17-18(20-8-10-23(17)21-16)22-9-2-3-15(19)12-22/h4-8,10-11,15H,2-3,9,12,19H2,1H3. The van der Waals surface area contributed by atoms with Crippen LogP contribution in [0, 0.1) is 6.92 Å². The lowest BCUT2D eigenvalue weighted by molar-refractivity contribution is 0.503. The second kappa shape index (κ2) is 5.66. The third-order valence-corrected chi connectivity index (χ3v) is 4.47. The SMILES string of the molecule is Cc1ccc(-c2cc3c(N4CCCC(N)C4)nccn3n2)cc1. The van der Waals surface area contributed by atoms with Crippen molar-refractivity contribution in [1.82, 2.24) is 14.6 Å². The molecule has 23 heavy (non-hydrogen) atoms. The summed E-state index contributed by atoms with van der Waals surface area (Å²) in [5.74, 6) is 0.980. The number of aryl methyl sites for hydroxylation is 1. The van der Waals surface area contributed by atoms with Crippen molar-refractivity contribution in [3.8, 4) is 11.3 Å². The summed E-state index contributed by atoms with van der Waals surface area (Å²) in [4.78, 5) is 6.88. The predicted octanol–water partition coefficient (Wildman–Crippen LogP) is 2.63. The molecule has 1 aliphatic rings. The van der Waals surface area contributed by atoms with Crippen LogP contribution in [0.5, 0.6) is 0 Å². The second-order valence-corrected chi connectivity index (χ2v) is 6.32. The van der Waals surface area contributed by atoms with Gasteiger partial charge in [0.15, 0.2) is 5.82 Å². The number of anilines is 1. The number of rotatable bonds is 2. The number of hydrogen-bond acceptors (Lipinski definition) is 4. The zero-order valence-electron chi connectivity index (χ0n) is 13.3. The highest BCUT2D eigenvalue weighted by atomic mass is 15.3. The molecule has 0 aliphatic carbocycles. The Labute approximate surface area is 135 Å². The van der Waals surface area contributed by atoms with Gasteiger partial charge in [0.1, 0.15) is 5.52 Å². The van der Waals surface area contributed by atoms with Crippen molar-refractivity contribution < 1.29 is 0 Å². The zero-order valence-corrected chi connectivity index (χ0v) is 13.3. The average molecular weight is 307 g/mol. The fraction of sp³-hybridized carbons (Fsp3) is 0.333. The van der Waals surface area contributed by atoms with E-state index in [0.717, 1.165) is 48.5 Å². The lowest BCUT2D eigenvalue weighted by Gasteiger charge is -2.31. The first-order chi connectivity index (χ1) is 11.2. The largest absolute Gasteiger partial charge is 0.353 e. The van der Waals surface area contributed by atoms with E-state index in [1.807, 2.05) is 16.9 Å². The van der Waals surface area contributed by atoms with E-state index < -0.39 is 0 Å². The fourth-order valence-electron chi connectivity index (χ4n) is 3.22. The third kappa shape index (κ3) is 2.68. The maximum Gasteiger partial charge on any atom is 0.154 e. The lowest BCUT2D eigenvalue weighted by Crippen LogP contribution is -2.43. The van der Waals surface area contributed by atoms with Crippen molar-refractivity contribution in [2.45, 2.75) is 25.8 Å². The summed E-state index contributed by atoms with van der Waals surface area (Å²) in [5, 5.41) is 4.71. The first-order valence-electron chi connectivity index (χ1n) is 8.13. The van der Waals surface area contributed by atoms with Gasteiger partial charge in [-0.15, -0.1) is 0 Å². The highest BCUT2D eigenvalue weighted by molar-refractivity contribution is 5.75. The summed E-state index contributed by atoms with van der Waals surface area (Å²) in [5.41, 5.74) is 10.5. The van der Waals surface area contributed by atoms with Crippen LogP contribution < -0.4 is 10.6 Å². The molecule has 0 spiro atoms. The Morgan fingerprint density at radius 2 is 2.04 bits per heavy atom. The van der Waals surface area contributed by atoms with Crippen LogP contribution >= 0.6 is 0 Å². The van der Waals surface area contributed by atoms with Gasteiger partial charge in [0.05, 0.1) is 5.69 Å². The number of nitrogens with zero attached hydrogens (tertiary/aromatic N) is 4. The molecule has 118 valence electrons. The minimum atomic E-state index is 0.227. The average Bonchev–Trinajstić information content (AvgIpc) is 2.99. The van der Waals surface area contributed by atoms with Gasteiger partial charge in [0.25, 0.3) is 0 Å². The summed E-state index contributed by atoms with van der Waals surface area (Å²) in [6, 6.07) is 10.8. The Morgan fingerprint density at radius 1 is 1.22 bits per heavy atom. The van der Waals surface area contributed by atoms with E-state index >= 15 is 0 Å². The van der Waals surface area contributed by atoms with Gasteiger partial charge < -0.3 is 10.6 Å². The molecular weight excluding hydrogens is 286 g/mol. The van der Waals surface area contributed by atoms with Gasteiger partial charge in [-0.3, -0.25) is 0 Å². The van der Waals surface area contributed by atoms with Crippen LogP contribution in [0.25, 0.3) is 16.8 Å². The number of hydrogen-bond donors (Lipinski definition) is 1. The van der Waals surface area contributed by atoms with E-state index in [1.54, 1.807) is 0 Å². The van der Waals surface area contributed by atoms with Gasteiger partial charge in [-0.2, -0.15) is 5.10 Å². The van der Waals surface area contributed by atoms with Crippen LogP contribution in [-0.2, 0) is 0 Å². The molecule has 1 saturated heterocycles. The molecule has 5 heteroatoms. The highest BCUT2D eigenvalue weighted by Crippen LogP contribution is 2.26. The Morgan fingerprint density at radius 3 is 2.83 bits per heavy atom. The van der Waals surface area contributed by atoms with E-state index in [-0.39, 0.29) is 6.04 Å². The summed E-state index contributed by atoms with van der Waals surface area (Å²) >= 11 is 0. The molecule has 1 fully saturated rings. The van der Waals surface area contributed by atoms with Crippen LogP contribution in [-0.4, -0.2) is 33.7 Å². The monoisotopic (exact) mass is 307 g/mol. The van der Waals surface area contributed by atoms with Crippen LogP contribution in [0.15, 0.2) is 42.7 Å². The smallest absolute Gasteiger partial charge is 0.154 e. The Balaban J connectivity index is 1.76. The van der Waals surface area contributed by atoms with E-state index in [4.69, 9.17) is 10.8 Å². The third-order valence-electron chi connectivity index (χ3n) is 4.47. The molecule has 0 amide bonds. The predicted molar refractivity (Wildman–Crippen MR) is 92.6 cm³/mol. The number of aromatic nitrogens is 3. The molecular formula is C18H21N5. The van der Waals surface area contributed by atoms with Crippen LogP contribution in [0.4, 0.5) is 5.82 Å². The molecule has 1 unspecified atom stereocenters. The normalized spacial score (nSPS) is 18.5. The molecule has 2 N–H and O–H groups in total. The van der Waals surface area contributed by atoms with Crippen molar-refractivity contribution in [3.05, 3.63) is 48.3 Å². The van der Waals surface area contributed by atoms with Crippen LogP contribution in [0.2, 0.25) is 0 Å².